The number of amides is 2. The summed E-state index contributed by atoms with van der Waals surface area (Å²) in [6.45, 7) is 4.61. The maximum Gasteiger partial charge on any atom is 0.407 e. The molecular weight excluding hydrogens is 458 g/mol. The highest BCUT2D eigenvalue weighted by atomic mass is 35.5. The van der Waals surface area contributed by atoms with E-state index in [0.717, 1.165) is 34.4 Å². The zero-order valence-electron chi connectivity index (χ0n) is 18.5. The lowest BCUT2D eigenvalue weighted by Crippen LogP contribution is -2.39. The summed E-state index contributed by atoms with van der Waals surface area (Å²) in [7, 11) is 0. The molecule has 6 nitrogen and oxygen atoms in total. The molecular formula is C25H26ClN3O3S. The van der Waals surface area contributed by atoms with Crippen molar-refractivity contribution in [3.05, 3.63) is 80.8 Å². The van der Waals surface area contributed by atoms with E-state index < -0.39 is 6.09 Å². The van der Waals surface area contributed by atoms with Crippen molar-refractivity contribution in [1.29, 1.82) is 0 Å². The largest absolute Gasteiger partial charge is 0.465 e. The Morgan fingerprint density at radius 2 is 2.00 bits per heavy atom. The average molecular weight is 484 g/mol. The molecule has 1 aliphatic heterocycles. The van der Waals surface area contributed by atoms with Gasteiger partial charge in [-0.15, -0.1) is 11.3 Å². The number of carbonyl (C=O) groups is 2. The van der Waals surface area contributed by atoms with Gasteiger partial charge in [0.1, 0.15) is 0 Å². The van der Waals surface area contributed by atoms with Crippen molar-refractivity contribution >= 4 is 40.1 Å². The summed E-state index contributed by atoms with van der Waals surface area (Å²) in [6.07, 6.45) is 2.95. The molecule has 4 rings (SSSR count). The first-order valence-corrected chi connectivity index (χ1v) is 12.1. The minimum absolute atomic E-state index is 0.183. The number of hydrogen-bond acceptors (Lipinski definition) is 4. The summed E-state index contributed by atoms with van der Waals surface area (Å²) < 4.78 is 0. The van der Waals surface area contributed by atoms with Crippen LogP contribution in [0, 0.1) is 5.92 Å². The number of thiazole rings is 1. The molecule has 0 saturated carbocycles. The van der Waals surface area contributed by atoms with Gasteiger partial charge >= 0.3 is 6.09 Å². The van der Waals surface area contributed by atoms with Crippen LogP contribution in [0.1, 0.15) is 58.2 Å². The van der Waals surface area contributed by atoms with Crippen LogP contribution in [0.2, 0.25) is 5.02 Å². The topological polar surface area (TPSA) is 82.5 Å². The van der Waals surface area contributed by atoms with Gasteiger partial charge < -0.3 is 10.0 Å². The number of benzene rings is 2. The van der Waals surface area contributed by atoms with Crippen LogP contribution in [0.15, 0.2) is 48.7 Å². The number of rotatable bonds is 6. The second-order valence-electron chi connectivity index (χ2n) is 8.67. The molecule has 0 saturated heterocycles. The van der Waals surface area contributed by atoms with Gasteiger partial charge in [0.2, 0.25) is 0 Å². The predicted octanol–water partition coefficient (Wildman–Crippen LogP) is 6.26. The van der Waals surface area contributed by atoms with Crippen molar-refractivity contribution in [2.24, 2.45) is 5.92 Å². The number of nitrogens with zero attached hydrogens (tertiary/aromatic N) is 2. The Morgan fingerprint density at radius 3 is 2.70 bits per heavy atom. The second kappa shape index (κ2) is 9.93. The molecule has 8 heteroatoms. The van der Waals surface area contributed by atoms with Crippen LogP contribution in [-0.4, -0.2) is 33.5 Å². The molecule has 1 aliphatic rings. The third kappa shape index (κ3) is 5.54. The Bertz CT molecular complexity index is 1160. The SMILES string of the molecule is CC(C)CC1c2ccc(C(=O)Nc3ncc(Cc4ccc(Cl)cc4)s3)cc2CCN1C(=O)O. The first-order valence-electron chi connectivity index (χ1n) is 10.9. The van der Waals surface area contributed by atoms with Crippen molar-refractivity contribution in [2.45, 2.75) is 39.2 Å². The summed E-state index contributed by atoms with van der Waals surface area (Å²) in [4.78, 5) is 31.5. The van der Waals surface area contributed by atoms with Gasteiger partial charge in [0.05, 0.1) is 6.04 Å². The second-order valence-corrected chi connectivity index (χ2v) is 10.2. The van der Waals surface area contributed by atoms with E-state index in [-0.39, 0.29) is 11.9 Å². The maximum absolute atomic E-state index is 12.9. The van der Waals surface area contributed by atoms with E-state index in [4.69, 9.17) is 11.6 Å². The van der Waals surface area contributed by atoms with Crippen molar-refractivity contribution in [1.82, 2.24) is 9.88 Å². The Morgan fingerprint density at radius 1 is 1.24 bits per heavy atom. The molecule has 2 N–H and O–H groups in total. The van der Waals surface area contributed by atoms with Gasteiger partial charge in [-0.2, -0.15) is 0 Å². The van der Waals surface area contributed by atoms with Crippen LogP contribution in [0.25, 0.3) is 0 Å². The summed E-state index contributed by atoms with van der Waals surface area (Å²) in [5, 5.41) is 13.8. The Kier molecular flexibility index (Phi) is 7.00. The predicted molar refractivity (Wildman–Crippen MR) is 131 cm³/mol. The summed E-state index contributed by atoms with van der Waals surface area (Å²) in [6, 6.07) is 13.1. The van der Waals surface area contributed by atoms with Gasteiger partial charge in [0.25, 0.3) is 5.91 Å². The molecule has 1 unspecified atom stereocenters. The Labute approximate surface area is 202 Å². The summed E-state index contributed by atoms with van der Waals surface area (Å²) >= 11 is 7.39. The number of fused-ring (bicyclic) bond motifs is 1. The summed E-state index contributed by atoms with van der Waals surface area (Å²) in [5.41, 5.74) is 3.71. The molecule has 3 aromatic rings. The molecule has 1 atom stereocenters. The van der Waals surface area contributed by atoms with E-state index in [9.17, 15) is 14.7 Å². The van der Waals surface area contributed by atoms with Crippen molar-refractivity contribution in [2.75, 3.05) is 11.9 Å². The van der Waals surface area contributed by atoms with Crippen LogP contribution < -0.4 is 5.32 Å². The van der Waals surface area contributed by atoms with Gasteiger partial charge in [0.15, 0.2) is 5.13 Å². The zero-order valence-corrected chi connectivity index (χ0v) is 20.1. The minimum Gasteiger partial charge on any atom is -0.465 e. The molecule has 0 aliphatic carbocycles. The standard InChI is InChI=1S/C25H26ClN3O3S/c1-15(2)11-22-21-8-5-18(13-17(21)9-10-29(22)25(31)32)23(30)28-24-27-14-20(33-24)12-16-3-6-19(26)7-4-16/h3-8,13-15,22H,9-12H2,1-2H3,(H,31,32)(H,27,28,30). The number of anilines is 1. The fourth-order valence-electron chi connectivity index (χ4n) is 4.20. The average Bonchev–Trinajstić information content (AvgIpc) is 3.21. The van der Waals surface area contributed by atoms with Gasteiger partial charge in [-0.1, -0.05) is 43.6 Å². The van der Waals surface area contributed by atoms with E-state index in [1.54, 1.807) is 12.3 Å². The van der Waals surface area contributed by atoms with Crippen molar-refractivity contribution < 1.29 is 14.7 Å². The molecule has 2 amide bonds. The lowest BCUT2D eigenvalue weighted by atomic mass is 9.87. The molecule has 2 aromatic carbocycles. The molecule has 172 valence electrons. The van der Waals surface area contributed by atoms with E-state index in [2.05, 4.69) is 24.1 Å². The van der Waals surface area contributed by atoms with Crippen LogP contribution in [0.3, 0.4) is 0 Å². The van der Waals surface area contributed by atoms with Gasteiger partial charge in [-0.3, -0.25) is 10.1 Å². The molecule has 33 heavy (non-hydrogen) atoms. The number of halogens is 1. The fraction of sp³-hybridized carbons (Fsp3) is 0.320. The molecule has 1 aromatic heterocycles. The number of aromatic nitrogens is 1. The lowest BCUT2D eigenvalue weighted by Gasteiger charge is -2.36. The van der Waals surface area contributed by atoms with Crippen LogP contribution in [0.4, 0.5) is 9.93 Å². The maximum atomic E-state index is 12.9. The number of carbonyl (C=O) groups excluding carboxylic acids is 1. The first-order chi connectivity index (χ1) is 15.8. The van der Waals surface area contributed by atoms with Crippen LogP contribution >= 0.6 is 22.9 Å². The van der Waals surface area contributed by atoms with Gasteiger partial charge in [0, 0.05) is 34.6 Å². The van der Waals surface area contributed by atoms with E-state index in [0.29, 0.717) is 34.6 Å². The quantitative estimate of drug-likeness (QED) is 0.433. The van der Waals surface area contributed by atoms with Gasteiger partial charge in [-0.05, 0) is 59.7 Å². The van der Waals surface area contributed by atoms with E-state index in [1.807, 2.05) is 36.4 Å². The number of carboxylic acid groups (broad SMARTS) is 1. The molecule has 0 bridgehead atoms. The normalized spacial score (nSPS) is 15.4. The molecule has 0 spiro atoms. The Balaban J connectivity index is 1.47. The molecule has 0 fully saturated rings. The zero-order chi connectivity index (χ0) is 23.5. The van der Waals surface area contributed by atoms with Crippen LogP contribution in [0.5, 0.6) is 0 Å². The van der Waals surface area contributed by atoms with Crippen LogP contribution in [-0.2, 0) is 12.8 Å². The smallest absolute Gasteiger partial charge is 0.407 e. The fourth-order valence-corrected chi connectivity index (χ4v) is 5.17. The number of nitrogens with one attached hydrogen (secondary N) is 1. The van der Waals surface area contributed by atoms with E-state index in [1.165, 1.54) is 16.2 Å². The highest BCUT2D eigenvalue weighted by molar-refractivity contribution is 7.15. The lowest BCUT2D eigenvalue weighted by molar-refractivity contribution is 0.102. The van der Waals surface area contributed by atoms with E-state index >= 15 is 0 Å². The van der Waals surface area contributed by atoms with Crippen molar-refractivity contribution in [3.8, 4) is 0 Å². The van der Waals surface area contributed by atoms with Gasteiger partial charge in [-0.25, -0.2) is 9.78 Å². The summed E-state index contributed by atoms with van der Waals surface area (Å²) in [5.74, 6) is 0.143. The minimum atomic E-state index is -0.897. The third-order valence-corrected chi connectivity index (χ3v) is 6.93. The highest BCUT2D eigenvalue weighted by Gasteiger charge is 2.31. The highest BCUT2D eigenvalue weighted by Crippen LogP contribution is 2.35. The number of hydrogen-bond donors (Lipinski definition) is 2. The molecule has 0 radical (unpaired) electrons. The third-order valence-electron chi connectivity index (χ3n) is 5.77. The van der Waals surface area contributed by atoms with Crippen molar-refractivity contribution in [3.63, 3.8) is 0 Å². The molecule has 2 heterocycles. The Hall–Kier alpha value is -2.90. The first kappa shape index (κ1) is 23.3. The monoisotopic (exact) mass is 483 g/mol.